The van der Waals surface area contributed by atoms with Crippen molar-refractivity contribution in [2.75, 3.05) is 0 Å². The molecule has 1 rings (SSSR count). The van der Waals surface area contributed by atoms with Gasteiger partial charge in [0.15, 0.2) is 0 Å². The van der Waals surface area contributed by atoms with Crippen molar-refractivity contribution in [1.82, 2.24) is 0 Å². The Labute approximate surface area is 66.4 Å². The van der Waals surface area contributed by atoms with E-state index in [-0.39, 0.29) is 0 Å². The van der Waals surface area contributed by atoms with Gasteiger partial charge in [0.2, 0.25) is 0 Å². The van der Waals surface area contributed by atoms with Crippen LogP contribution in [0.3, 0.4) is 0 Å². The van der Waals surface area contributed by atoms with Crippen molar-refractivity contribution in [3.05, 3.63) is 23.7 Å². The molecule has 0 fully saturated rings. The van der Waals surface area contributed by atoms with E-state index in [2.05, 4.69) is 6.07 Å². The van der Waals surface area contributed by atoms with Crippen LogP contribution >= 0.6 is 0 Å². The molecule has 1 aromatic rings. The predicted octanol–water partition coefficient (Wildman–Crippen LogP) is 2.43. The summed E-state index contributed by atoms with van der Waals surface area (Å²) in [6, 6.07) is 4.11. The predicted molar refractivity (Wildman–Crippen MR) is 42.0 cm³/mol. The lowest BCUT2D eigenvalue weighted by Crippen LogP contribution is -1.79. The number of furan rings is 1. The van der Waals surface area contributed by atoms with Crippen LogP contribution in [-0.2, 0) is 6.42 Å². The van der Waals surface area contributed by atoms with Crippen LogP contribution in [-0.4, -0.2) is 0 Å². The van der Waals surface area contributed by atoms with Crippen LogP contribution < -0.4 is 0 Å². The van der Waals surface area contributed by atoms with Crippen molar-refractivity contribution in [3.63, 3.8) is 0 Å². The topological polar surface area (TPSA) is 36.9 Å². The van der Waals surface area contributed by atoms with Crippen LogP contribution in [0, 0.1) is 18.3 Å². The molecular weight excluding hydrogens is 138 g/mol. The van der Waals surface area contributed by atoms with Crippen LogP contribution in [0.4, 0.5) is 0 Å². The van der Waals surface area contributed by atoms with Gasteiger partial charge in [-0.15, -0.1) is 0 Å². The van der Waals surface area contributed by atoms with Gasteiger partial charge in [-0.3, -0.25) is 0 Å². The average molecular weight is 149 g/mol. The maximum Gasteiger partial charge on any atom is 0.104 e. The van der Waals surface area contributed by atoms with E-state index in [0.29, 0.717) is 6.42 Å². The zero-order valence-electron chi connectivity index (χ0n) is 6.63. The Kier molecular flexibility index (Phi) is 2.74. The first-order chi connectivity index (χ1) is 5.33. The fourth-order valence-electron chi connectivity index (χ4n) is 0.963. The highest BCUT2D eigenvalue weighted by Gasteiger charge is 1.96. The standard InChI is InChI=1S/C9H11NO/c1-8-6-9(11-7-8)4-2-3-5-10/h6-7H,2-4H2,1H3. The van der Waals surface area contributed by atoms with Gasteiger partial charge in [0.1, 0.15) is 5.76 Å². The van der Waals surface area contributed by atoms with Gasteiger partial charge in [-0.1, -0.05) is 0 Å². The molecular formula is C9H11NO. The third kappa shape index (κ3) is 2.46. The second kappa shape index (κ2) is 3.82. The van der Waals surface area contributed by atoms with Crippen LogP contribution in [0.5, 0.6) is 0 Å². The summed E-state index contributed by atoms with van der Waals surface area (Å²) < 4.78 is 5.20. The van der Waals surface area contributed by atoms with Crippen molar-refractivity contribution in [2.45, 2.75) is 26.2 Å². The molecule has 1 aromatic heterocycles. The zero-order chi connectivity index (χ0) is 8.10. The van der Waals surface area contributed by atoms with Crippen LogP contribution in [0.15, 0.2) is 16.7 Å². The third-order valence-electron chi connectivity index (χ3n) is 1.50. The molecule has 58 valence electrons. The fraction of sp³-hybridized carbons (Fsp3) is 0.444. The normalized spacial score (nSPS) is 9.45. The molecule has 0 saturated heterocycles. The van der Waals surface area contributed by atoms with E-state index in [1.807, 2.05) is 13.0 Å². The molecule has 1 heterocycles. The van der Waals surface area contributed by atoms with Crippen molar-refractivity contribution in [3.8, 4) is 6.07 Å². The number of nitrogens with zero attached hydrogens (tertiary/aromatic N) is 1. The summed E-state index contributed by atoms with van der Waals surface area (Å²) in [4.78, 5) is 0. The second-order valence-corrected chi connectivity index (χ2v) is 2.60. The minimum absolute atomic E-state index is 0.611. The second-order valence-electron chi connectivity index (χ2n) is 2.60. The summed E-state index contributed by atoms with van der Waals surface area (Å²) in [5.74, 6) is 0.984. The quantitative estimate of drug-likeness (QED) is 0.619. The van der Waals surface area contributed by atoms with E-state index in [1.54, 1.807) is 6.26 Å². The monoisotopic (exact) mass is 149 g/mol. The summed E-state index contributed by atoms with van der Waals surface area (Å²) in [5, 5.41) is 8.27. The first kappa shape index (κ1) is 7.87. The first-order valence-corrected chi connectivity index (χ1v) is 3.74. The highest BCUT2D eigenvalue weighted by molar-refractivity contribution is 5.10. The Hall–Kier alpha value is -1.23. The van der Waals surface area contributed by atoms with E-state index in [0.717, 1.165) is 24.2 Å². The lowest BCUT2D eigenvalue weighted by molar-refractivity contribution is 0.502. The van der Waals surface area contributed by atoms with E-state index < -0.39 is 0 Å². The van der Waals surface area contributed by atoms with Crippen molar-refractivity contribution >= 4 is 0 Å². The summed E-state index contributed by atoms with van der Waals surface area (Å²) in [5.41, 5.74) is 1.15. The minimum atomic E-state index is 0.611. The zero-order valence-corrected chi connectivity index (χ0v) is 6.63. The Bertz CT molecular complexity index is 257. The SMILES string of the molecule is Cc1coc(CCCC#N)c1. The molecule has 0 aliphatic heterocycles. The molecule has 0 aromatic carbocycles. The lowest BCUT2D eigenvalue weighted by atomic mass is 10.2. The molecule has 11 heavy (non-hydrogen) atoms. The Morgan fingerprint density at radius 2 is 2.45 bits per heavy atom. The highest BCUT2D eigenvalue weighted by atomic mass is 16.3. The maximum absolute atomic E-state index is 8.27. The molecule has 0 radical (unpaired) electrons. The van der Waals surface area contributed by atoms with Gasteiger partial charge >= 0.3 is 0 Å². The lowest BCUT2D eigenvalue weighted by Gasteiger charge is -1.89. The van der Waals surface area contributed by atoms with Crippen molar-refractivity contribution < 1.29 is 4.42 Å². The third-order valence-corrected chi connectivity index (χ3v) is 1.50. The van der Waals surface area contributed by atoms with Gasteiger partial charge in [-0.25, -0.2) is 0 Å². The molecule has 0 bridgehead atoms. The van der Waals surface area contributed by atoms with E-state index >= 15 is 0 Å². The number of nitriles is 1. The number of aryl methyl sites for hydroxylation is 2. The van der Waals surface area contributed by atoms with E-state index in [9.17, 15) is 0 Å². The molecule has 0 amide bonds. The van der Waals surface area contributed by atoms with Crippen molar-refractivity contribution in [1.29, 1.82) is 5.26 Å². The van der Waals surface area contributed by atoms with Crippen molar-refractivity contribution in [2.24, 2.45) is 0 Å². The largest absolute Gasteiger partial charge is 0.469 e. The Morgan fingerprint density at radius 1 is 1.64 bits per heavy atom. The van der Waals surface area contributed by atoms with E-state index in [4.69, 9.17) is 9.68 Å². The maximum atomic E-state index is 8.27. The first-order valence-electron chi connectivity index (χ1n) is 3.74. The fourth-order valence-corrected chi connectivity index (χ4v) is 0.963. The molecule has 0 unspecified atom stereocenters. The van der Waals surface area contributed by atoms with Crippen LogP contribution in [0.25, 0.3) is 0 Å². The molecule has 0 aliphatic rings. The number of unbranched alkanes of at least 4 members (excludes halogenated alkanes) is 1. The Balaban J connectivity index is 2.34. The van der Waals surface area contributed by atoms with Gasteiger partial charge in [-0.05, 0) is 25.0 Å². The highest BCUT2D eigenvalue weighted by Crippen LogP contribution is 2.09. The summed E-state index contributed by atoms with van der Waals surface area (Å²) in [6.45, 7) is 2.00. The molecule has 2 heteroatoms. The number of rotatable bonds is 3. The molecule has 0 saturated carbocycles. The molecule has 0 atom stereocenters. The summed E-state index contributed by atoms with van der Waals surface area (Å²) in [6.07, 6.45) is 4.12. The van der Waals surface area contributed by atoms with Gasteiger partial charge in [0.05, 0.1) is 12.3 Å². The van der Waals surface area contributed by atoms with Gasteiger partial charge in [0.25, 0.3) is 0 Å². The Morgan fingerprint density at radius 3 is 3.00 bits per heavy atom. The summed E-state index contributed by atoms with van der Waals surface area (Å²) >= 11 is 0. The minimum Gasteiger partial charge on any atom is -0.469 e. The van der Waals surface area contributed by atoms with Crippen LogP contribution in [0.2, 0.25) is 0 Å². The smallest absolute Gasteiger partial charge is 0.104 e. The molecule has 0 spiro atoms. The number of hydrogen-bond acceptors (Lipinski definition) is 2. The van der Waals surface area contributed by atoms with Crippen LogP contribution in [0.1, 0.15) is 24.2 Å². The molecule has 0 aliphatic carbocycles. The van der Waals surface area contributed by atoms with Gasteiger partial charge in [0, 0.05) is 12.8 Å². The van der Waals surface area contributed by atoms with E-state index in [1.165, 1.54) is 0 Å². The van der Waals surface area contributed by atoms with Gasteiger partial charge in [-0.2, -0.15) is 5.26 Å². The average Bonchev–Trinajstić information content (AvgIpc) is 2.37. The molecule has 0 N–H and O–H groups in total. The number of hydrogen-bond donors (Lipinski definition) is 0. The summed E-state index contributed by atoms with van der Waals surface area (Å²) in [7, 11) is 0. The molecule has 2 nitrogen and oxygen atoms in total. The van der Waals surface area contributed by atoms with Gasteiger partial charge < -0.3 is 4.42 Å².